The number of ether oxygens (including phenoxy) is 1. The Labute approximate surface area is 67.7 Å². The van der Waals surface area contributed by atoms with Gasteiger partial charge in [-0.05, 0) is 6.92 Å². The highest BCUT2D eigenvalue weighted by molar-refractivity contribution is 5.77. The Morgan fingerprint density at radius 3 is 1.36 bits per heavy atom. The molecule has 0 aliphatic heterocycles. The van der Waals surface area contributed by atoms with Gasteiger partial charge < -0.3 is 4.74 Å². The van der Waals surface area contributed by atoms with Crippen LogP contribution in [0.5, 0.6) is 0 Å². The third-order valence-electron chi connectivity index (χ3n) is 1.10. The van der Waals surface area contributed by atoms with E-state index in [1.54, 1.807) is 6.92 Å². The topological polar surface area (TPSA) is 43.4 Å². The number of Topliss-reactive ketones (excluding diaryl/α,β-unsaturated/α-hetero) is 1. The summed E-state index contributed by atoms with van der Waals surface area (Å²) in [5.74, 6) is 0.227. The van der Waals surface area contributed by atoms with Gasteiger partial charge in [0.1, 0.15) is 5.78 Å². The van der Waals surface area contributed by atoms with Crippen LogP contribution in [0, 0.1) is 5.92 Å². The predicted octanol–water partition coefficient (Wildman–Crippen LogP) is 1.41. The SMILES string of the molecule is CC(=O)C(C)C.COC(C)=O. The Bertz CT molecular complexity index is 127. The van der Waals surface area contributed by atoms with Crippen LogP contribution in [0.1, 0.15) is 27.7 Å². The Balaban J connectivity index is 0. The zero-order chi connectivity index (χ0) is 9.44. The van der Waals surface area contributed by atoms with Crippen molar-refractivity contribution in [2.24, 2.45) is 5.92 Å². The summed E-state index contributed by atoms with van der Waals surface area (Å²) in [6, 6.07) is 0. The van der Waals surface area contributed by atoms with Gasteiger partial charge in [-0.3, -0.25) is 9.59 Å². The lowest BCUT2D eigenvalue weighted by Gasteiger charge is -1.90. The normalized spacial score (nSPS) is 8.18. The maximum absolute atomic E-state index is 10.1. The van der Waals surface area contributed by atoms with Crippen molar-refractivity contribution in [1.82, 2.24) is 0 Å². The molecule has 11 heavy (non-hydrogen) atoms. The van der Waals surface area contributed by atoms with Gasteiger partial charge in [-0.1, -0.05) is 13.8 Å². The van der Waals surface area contributed by atoms with E-state index in [-0.39, 0.29) is 17.7 Å². The zero-order valence-corrected chi connectivity index (χ0v) is 7.80. The van der Waals surface area contributed by atoms with E-state index in [2.05, 4.69) is 4.74 Å². The number of hydrogen-bond acceptors (Lipinski definition) is 3. The van der Waals surface area contributed by atoms with E-state index in [0.29, 0.717) is 0 Å². The lowest BCUT2D eigenvalue weighted by atomic mass is 10.1. The van der Waals surface area contributed by atoms with Crippen molar-refractivity contribution in [3.63, 3.8) is 0 Å². The summed E-state index contributed by atoms with van der Waals surface area (Å²) in [6.45, 7) is 6.75. The summed E-state index contributed by atoms with van der Waals surface area (Å²) >= 11 is 0. The molecule has 66 valence electrons. The fourth-order valence-electron chi connectivity index (χ4n) is 0. The molecule has 0 spiro atoms. The van der Waals surface area contributed by atoms with Gasteiger partial charge in [-0.15, -0.1) is 0 Å². The van der Waals surface area contributed by atoms with Gasteiger partial charge in [0.25, 0.3) is 0 Å². The molecule has 0 saturated heterocycles. The maximum atomic E-state index is 10.1. The smallest absolute Gasteiger partial charge is 0.302 e. The van der Waals surface area contributed by atoms with Gasteiger partial charge in [0, 0.05) is 12.8 Å². The molecule has 0 aromatic carbocycles. The maximum Gasteiger partial charge on any atom is 0.302 e. The van der Waals surface area contributed by atoms with Crippen molar-refractivity contribution >= 4 is 11.8 Å². The molecule has 0 aromatic rings. The average molecular weight is 160 g/mol. The molecule has 0 saturated carbocycles. The minimum Gasteiger partial charge on any atom is -0.469 e. The Hall–Kier alpha value is -0.860. The molecule has 0 atom stereocenters. The van der Waals surface area contributed by atoms with E-state index in [1.165, 1.54) is 14.0 Å². The quantitative estimate of drug-likeness (QED) is 0.545. The Kier molecular flexibility index (Phi) is 8.43. The van der Waals surface area contributed by atoms with Gasteiger partial charge in [-0.25, -0.2) is 0 Å². The van der Waals surface area contributed by atoms with Crippen LogP contribution in [0.4, 0.5) is 0 Å². The fraction of sp³-hybridized carbons (Fsp3) is 0.750. The third-order valence-corrected chi connectivity index (χ3v) is 1.10. The third kappa shape index (κ3) is 17.6. The Morgan fingerprint density at radius 1 is 1.18 bits per heavy atom. The number of rotatable bonds is 1. The van der Waals surface area contributed by atoms with Crippen molar-refractivity contribution < 1.29 is 14.3 Å². The molecular formula is C8H16O3. The minimum atomic E-state index is -0.245. The monoisotopic (exact) mass is 160 g/mol. The van der Waals surface area contributed by atoms with Crippen molar-refractivity contribution in [1.29, 1.82) is 0 Å². The first kappa shape index (κ1) is 12.8. The van der Waals surface area contributed by atoms with E-state index in [1.807, 2.05) is 13.8 Å². The molecule has 0 fully saturated rings. The van der Waals surface area contributed by atoms with Crippen molar-refractivity contribution in [2.75, 3.05) is 7.11 Å². The molecule has 0 bridgehead atoms. The molecule has 0 radical (unpaired) electrons. The second-order valence-electron chi connectivity index (χ2n) is 2.46. The summed E-state index contributed by atoms with van der Waals surface area (Å²) < 4.78 is 4.11. The lowest BCUT2D eigenvalue weighted by Crippen LogP contribution is -1.98. The highest BCUT2D eigenvalue weighted by Gasteiger charge is 1.95. The largest absolute Gasteiger partial charge is 0.469 e. The first-order valence-corrected chi connectivity index (χ1v) is 3.46. The van der Waals surface area contributed by atoms with Crippen LogP contribution in [0.25, 0.3) is 0 Å². The average Bonchev–Trinajstić information content (AvgIpc) is 1.89. The Morgan fingerprint density at radius 2 is 1.36 bits per heavy atom. The molecular weight excluding hydrogens is 144 g/mol. The van der Waals surface area contributed by atoms with E-state index in [4.69, 9.17) is 0 Å². The number of ketones is 1. The van der Waals surface area contributed by atoms with Gasteiger partial charge >= 0.3 is 5.97 Å². The minimum absolute atomic E-state index is 0.213. The molecule has 0 heterocycles. The van der Waals surface area contributed by atoms with Crippen LogP contribution < -0.4 is 0 Å². The molecule has 0 aliphatic carbocycles. The number of carbonyl (C=O) groups is 2. The first-order chi connectivity index (χ1) is 4.91. The van der Waals surface area contributed by atoms with Gasteiger partial charge in [0.15, 0.2) is 0 Å². The molecule has 0 rings (SSSR count). The standard InChI is InChI=1S/C5H10O.C3H6O2/c1-4(2)5(3)6;1-3(4)5-2/h4H,1-3H3;1-2H3. The second kappa shape index (κ2) is 7.25. The highest BCUT2D eigenvalue weighted by atomic mass is 16.5. The van der Waals surface area contributed by atoms with Crippen LogP contribution >= 0.6 is 0 Å². The summed E-state index contributed by atoms with van der Waals surface area (Å²) in [6.07, 6.45) is 0. The van der Waals surface area contributed by atoms with Crippen LogP contribution in [0.15, 0.2) is 0 Å². The van der Waals surface area contributed by atoms with Crippen LogP contribution in [-0.2, 0) is 14.3 Å². The summed E-state index contributed by atoms with van der Waals surface area (Å²) in [4.78, 5) is 19.7. The van der Waals surface area contributed by atoms with Gasteiger partial charge in [0.05, 0.1) is 7.11 Å². The number of esters is 1. The van der Waals surface area contributed by atoms with E-state index < -0.39 is 0 Å². The second-order valence-corrected chi connectivity index (χ2v) is 2.46. The molecule has 0 aliphatic rings. The highest BCUT2D eigenvalue weighted by Crippen LogP contribution is 1.89. The summed E-state index contributed by atoms with van der Waals surface area (Å²) in [5, 5.41) is 0. The van der Waals surface area contributed by atoms with E-state index in [9.17, 15) is 9.59 Å². The lowest BCUT2D eigenvalue weighted by molar-refractivity contribution is -0.137. The number of methoxy groups -OCH3 is 1. The molecule has 0 amide bonds. The van der Waals surface area contributed by atoms with Crippen molar-refractivity contribution in [2.45, 2.75) is 27.7 Å². The van der Waals surface area contributed by atoms with Crippen LogP contribution in [0.3, 0.4) is 0 Å². The van der Waals surface area contributed by atoms with Crippen LogP contribution in [0.2, 0.25) is 0 Å². The fourth-order valence-corrected chi connectivity index (χ4v) is 0. The van der Waals surface area contributed by atoms with Gasteiger partial charge in [-0.2, -0.15) is 0 Å². The van der Waals surface area contributed by atoms with E-state index >= 15 is 0 Å². The molecule has 0 aromatic heterocycles. The van der Waals surface area contributed by atoms with Gasteiger partial charge in [0.2, 0.25) is 0 Å². The number of hydrogen-bond donors (Lipinski definition) is 0. The first-order valence-electron chi connectivity index (χ1n) is 3.46. The predicted molar refractivity (Wildman–Crippen MR) is 43.2 cm³/mol. The molecule has 3 nitrogen and oxygen atoms in total. The van der Waals surface area contributed by atoms with Crippen molar-refractivity contribution in [3.8, 4) is 0 Å². The molecule has 3 heteroatoms. The number of carbonyl (C=O) groups excluding carboxylic acids is 2. The zero-order valence-electron chi connectivity index (χ0n) is 7.80. The van der Waals surface area contributed by atoms with E-state index in [0.717, 1.165) is 0 Å². The summed E-state index contributed by atoms with van der Waals surface area (Å²) in [7, 11) is 1.35. The molecule has 0 unspecified atom stereocenters. The van der Waals surface area contributed by atoms with Crippen LogP contribution in [-0.4, -0.2) is 18.9 Å². The summed E-state index contributed by atoms with van der Waals surface area (Å²) in [5.41, 5.74) is 0. The molecule has 0 N–H and O–H groups in total. The van der Waals surface area contributed by atoms with Crippen molar-refractivity contribution in [3.05, 3.63) is 0 Å².